The molecule has 0 aromatic carbocycles. The topological polar surface area (TPSA) is 59.9 Å². The second-order valence-electron chi connectivity index (χ2n) is 2.92. The van der Waals surface area contributed by atoms with Gasteiger partial charge in [0.2, 0.25) is 0 Å². The van der Waals surface area contributed by atoms with E-state index in [1.165, 1.54) is 0 Å². The summed E-state index contributed by atoms with van der Waals surface area (Å²) in [6, 6.07) is 0. The van der Waals surface area contributed by atoms with Gasteiger partial charge < -0.3 is 0 Å². The Morgan fingerprint density at radius 2 is 1.64 bits per heavy atom. The van der Waals surface area contributed by atoms with Crippen LogP contribution < -0.4 is 0 Å². The molecule has 0 radical (unpaired) electrons. The van der Waals surface area contributed by atoms with Gasteiger partial charge in [-0.3, -0.25) is 0 Å². The average molecular weight is 255 g/mol. The van der Waals surface area contributed by atoms with Gasteiger partial charge in [-0.25, -0.2) is 18.4 Å². The molecule has 0 aliphatic carbocycles. The molecule has 0 saturated heterocycles. The molecular formula is C7H8Cl2N2O2S. The molecule has 0 spiro atoms. The van der Waals surface area contributed by atoms with E-state index in [1.807, 2.05) is 0 Å². The first-order valence-electron chi connectivity index (χ1n) is 3.66. The van der Waals surface area contributed by atoms with Crippen LogP contribution in [0.3, 0.4) is 0 Å². The number of aromatic nitrogens is 2. The lowest BCUT2D eigenvalue weighted by molar-refractivity contribution is 0.599. The normalized spacial score (nSPS) is 11.7. The van der Waals surface area contributed by atoms with Crippen LogP contribution in [0.2, 0.25) is 10.3 Å². The van der Waals surface area contributed by atoms with E-state index in [9.17, 15) is 8.42 Å². The summed E-state index contributed by atoms with van der Waals surface area (Å²) in [5.41, 5.74) is 0.547. The third-order valence-corrected chi connectivity index (χ3v) is 2.98. The van der Waals surface area contributed by atoms with Crippen molar-refractivity contribution < 1.29 is 8.42 Å². The summed E-state index contributed by atoms with van der Waals surface area (Å²) >= 11 is 11.4. The second kappa shape index (κ2) is 4.00. The van der Waals surface area contributed by atoms with Crippen molar-refractivity contribution >= 4 is 33.0 Å². The van der Waals surface area contributed by atoms with Crippen LogP contribution in [-0.2, 0) is 15.6 Å². The molecule has 0 atom stereocenters. The molecule has 14 heavy (non-hydrogen) atoms. The number of rotatable bonds is 2. The Balaban J connectivity index is 3.14. The van der Waals surface area contributed by atoms with E-state index in [1.54, 1.807) is 6.92 Å². The van der Waals surface area contributed by atoms with Crippen molar-refractivity contribution in [3.8, 4) is 0 Å². The standard InChI is InChI=1S/C7H8Cl2N2O2S/c1-4-6(8)10-5(11-7(4)9)3-14(2,12)13/h3H2,1-2H3. The van der Waals surface area contributed by atoms with Crippen molar-refractivity contribution in [3.05, 3.63) is 21.7 Å². The third-order valence-electron chi connectivity index (χ3n) is 1.46. The predicted octanol–water partition coefficient (Wildman–Crippen LogP) is 1.64. The van der Waals surface area contributed by atoms with Crippen LogP contribution >= 0.6 is 23.2 Å². The second-order valence-corrected chi connectivity index (χ2v) is 5.77. The van der Waals surface area contributed by atoms with Gasteiger partial charge in [0.15, 0.2) is 9.84 Å². The minimum atomic E-state index is -3.17. The average Bonchev–Trinajstić information content (AvgIpc) is 1.96. The smallest absolute Gasteiger partial charge is 0.154 e. The monoisotopic (exact) mass is 254 g/mol. The summed E-state index contributed by atoms with van der Waals surface area (Å²) in [5.74, 6) is -0.139. The molecule has 0 saturated carbocycles. The molecule has 78 valence electrons. The highest BCUT2D eigenvalue weighted by Gasteiger charge is 2.11. The van der Waals surface area contributed by atoms with Crippen LogP contribution in [-0.4, -0.2) is 24.6 Å². The Hall–Kier alpha value is -0.390. The van der Waals surface area contributed by atoms with Crippen LogP contribution in [0.4, 0.5) is 0 Å². The van der Waals surface area contributed by atoms with E-state index >= 15 is 0 Å². The lowest BCUT2D eigenvalue weighted by Crippen LogP contribution is -2.06. The summed E-state index contributed by atoms with van der Waals surface area (Å²) in [7, 11) is -3.17. The Labute approximate surface area is 92.2 Å². The van der Waals surface area contributed by atoms with Crippen LogP contribution in [0.15, 0.2) is 0 Å². The quantitative estimate of drug-likeness (QED) is 0.753. The van der Waals surface area contributed by atoms with E-state index in [2.05, 4.69) is 9.97 Å². The minimum absolute atomic E-state index is 0.119. The molecule has 0 aliphatic rings. The zero-order chi connectivity index (χ0) is 10.9. The maximum absolute atomic E-state index is 10.9. The van der Waals surface area contributed by atoms with Gasteiger partial charge in [0.05, 0.1) is 0 Å². The highest BCUT2D eigenvalue weighted by Crippen LogP contribution is 2.19. The number of hydrogen-bond donors (Lipinski definition) is 0. The first kappa shape index (κ1) is 11.7. The van der Waals surface area contributed by atoms with E-state index in [0.717, 1.165) is 6.26 Å². The SMILES string of the molecule is Cc1c(Cl)nc(CS(C)(=O)=O)nc1Cl. The van der Waals surface area contributed by atoms with Gasteiger partial charge in [-0.1, -0.05) is 23.2 Å². The molecule has 0 unspecified atom stereocenters. The van der Waals surface area contributed by atoms with Crippen molar-refractivity contribution in [2.24, 2.45) is 0 Å². The molecule has 7 heteroatoms. The van der Waals surface area contributed by atoms with Crippen LogP contribution in [0.25, 0.3) is 0 Å². The zero-order valence-corrected chi connectivity index (χ0v) is 9.91. The van der Waals surface area contributed by atoms with Gasteiger partial charge in [-0.05, 0) is 6.92 Å². The Morgan fingerprint density at radius 3 is 2.00 bits per heavy atom. The van der Waals surface area contributed by atoms with Crippen LogP contribution in [0.5, 0.6) is 0 Å². The summed E-state index contributed by atoms with van der Waals surface area (Å²) in [6.07, 6.45) is 1.10. The Morgan fingerprint density at radius 1 is 1.21 bits per heavy atom. The first-order chi connectivity index (χ1) is 6.29. The van der Waals surface area contributed by atoms with Gasteiger partial charge in [-0.15, -0.1) is 0 Å². The van der Waals surface area contributed by atoms with Crippen molar-refractivity contribution in [1.82, 2.24) is 9.97 Å². The van der Waals surface area contributed by atoms with Gasteiger partial charge in [-0.2, -0.15) is 0 Å². The number of nitrogens with zero attached hydrogens (tertiary/aromatic N) is 2. The van der Waals surface area contributed by atoms with Gasteiger partial charge in [0.1, 0.15) is 21.9 Å². The molecule has 4 nitrogen and oxygen atoms in total. The van der Waals surface area contributed by atoms with E-state index < -0.39 is 9.84 Å². The molecule has 0 aliphatic heterocycles. The van der Waals surface area contributed by atoms with E-state index in [-0.39, 0.29) is 21.9 Å². The number of halogens is 2. The fourth-order valence-corrected chi connectivity index (χ4v) is 1.82. The van der Waals surface area contributed by atoms with Crippen LogP contribution in [0.1, 0.15) is 11.4 Å². The zero-order valence-electron chi connectivity index (χ0n) is 7.58. The molecule has 1 heterocycles. The number of hydrogen-bond acceptors (Lipinski definition) is 4. The van der Waals surface area contributed by atoms with E-state index in [4.69, 9.17) is 23.2 Å². The Kier molecular flexibility index (Phi) is 3.34. The maximum Gasteiger partial charge on any atom is 0.154 e. The first-order valence-corrected chi connectivity index (χ1v) is 6.47. The fourth-order valence-electron chi connectivity index (χ4n) is 0.803. The maximum atomic E-state index is 10.9. The van der Waals surface area contributed by atoms with Crippen molar-refractivity contribution in [2.75, 3.05) is 6.26 Å². The number of sulfone groups is 1. The van der Waals surface area contributed by atoms with Crippen molar-refractivity contribution in [1.29, 1.82) is 0 Å². The molecule has 1 rings (SSSR count). The molecule has 0 N–H and O–H groups in total. The lowest BCUT2D eigenvalue weighted by atomic mass is 10.4. The van der Waals surface area contributed by atoms with Crippen molar-refractivity contribution in [3.63, 3.8) is 0 Å². The van der Waals surface area contributed by atoms with Gasteiger partial charge >= 0.3 is 0 Å². The largest absolute Gasteiger partial charge is 0.229 e. The summed E-state index contributed by atoms with van der Waals surface area (Å²) in [4.78, 5) is 7.62. The minimum Gasteiger partial charge on any atom is -0.229 e. The molecule has 0 bridgehead atoms. The summed E-state index contributed by atoms with van der Waals surface area (Å²) in [6.45, 7) is 1.66. The summed E-state index contributed by atoms with van der Waals surface area (Å²) < 4.78 is 21.9. The molecule has 0 amide bonds. The molecule has 1 aromatic heterocycles. The van der Waals surface area contributed by atoms with E-state index in [0.29, 0.717) is 5.56 Å². The van der Waals surface area contributed by atoms with Gasteiger partial charge in [0, 0.05) is 11.8 Å². The summed E-state index contributed by atoms with van der Waals surface area (Å²) in [5, 5.41) is 0.368. The van der Waals surface area contributed by atoms with Crippen molar-refractivity contribution in [2.45, 2.75) is 12.7 Å². The highest BCUT2D eigenvalue weighted by atomic mass is 35.5. The molecule has 0 fully saturated rings. The molecular weight excluding hydrogens is 247 g/mol. The predicted molar refractivity (Wildman–Crippen MR) is 55.3 cm³/mol. The fraction of sp³-hybridized carbons (Fsp3) is 0.429. The third kappa shape index (κ3) is 3.08. The van der Waals surface area contributed by atoms with Crippen LogP contribution in [0, 0.1) is 6.92 Å². The lowest BCUT2D eigenvalue weighted by Gasteiger charge is -2.03. The van der Waals surface area contributed by atoms with Gasteiger partial charge in [0.25, 0.3) is 0 Å². The molecule has 1 aromatic rings. The highest BCUT2D eigenvalue weighted by molar-refractivity contribution is 7.89. The Bertz CT molecular complexity index is 436.